The number of halogens is 2. The van der Waals surface area contributed by atoms with Crippen molar-refractivity contribution in [1.82, 2.24) is 0 Å². The standard InChI is InChI=1S/C10H13FINS/c1-2-14-6-5-13-10-4-3-8(11)7-9(10)12/h3-4,7,13H,2,5-6H2,1H3. The molecule has 0 aliphatic carbocycles. The van der Waals surface area contributed by atoms with E-state index in [0.717, 1.165) is 27.3 Å². The third kappa shape index (κ3) is 4.04. The zero-order chi connectivity index (χ0) is 10.4. The van der Waals surface area contributed by atoms with E-state index in [4.69, 9.17) is 0 Å². The van der Waals surface area contributed by atoms with Crippen LogP contribution in [0.25, 0.3) is 0 Å². The van der Waals surface area contributed by atoms with Gasteiger partial charge >= 0.3 is 0 Å². The molecule has 0 bridgehead atoms. The van der Waals surface area contributed by atoms with Gasteiger partial charge in [0.15, 0.2) is 0 Å². The van der Waals surface area contributed by atoms with Gasteiger partial charge in [0.05, 0.1) is 0 Å². The molecular weight excluding hydrogens is 312 g/mol. The molecule has 1 aromatic rings. The number of rotatable bonds is 5. The molecule has 0 aliphatic heterocycles. The van der Waals surface area contributed by atoms with Crippen LogP contribution < -0.4 is 5.32 Å². The summed E-state index contributed by atoms with van der Waals surface area (Å²) in [6.45, 7) is 3.08. The van der Waals surface area contributed by atoms with Gasteiger partial charge in [0.1, 0.15) is 5.82 Å². The number of hydrogen-bond donors (Lipinski definition) is 1. The minimum Gasteiger partial charge on any atom is -0.383 e. The Labute approximate surface area is 102 Å². The normalized spacial score (nSPS) is 10.2. The predicted molar refractivity (Wildman–Crippen MR) is 70.6 cm³/mol. The van der Waals surface area contributed by atoms with Crippen molar-refractivity contribution in [2.45, 2.75) is 6.92 Å². The van der Waals surface area contributed by atoms with Crippen molar-refractivity contribution in [2.75, 3.05) is 23.4 Å². The Kier molecular flexibility index (Phi) is 5.62. The number of thioether (sulfide) groups is 1. The summed E-state index contributed by atoms with van der Waals surface area (Å²) in [7, 11) is 0. The number of anilines is 1. The fourth-order valence-electron chi connectivity index (χ4n) is 1.04. The lowest BCUT2D eigenvalue weighted by Crippen LogP contribution is -2.05. The topological polar surface area (TPSA) is 12.0 Å². The molecule has 0 saturated carbocycles. The molecule has 0 unspecified atom stereocenters. The number of benzene rings is 1. The summed E-state index contributed by atoms with van der Waals surface area (Å²) in [5.74, 6) is 2.05. The summed E-state index contributed by atoms with van der Waals surface area (Å²) in [6, 6.07) is 4.81. The van der Waals surface area contributed by atoms with Crippen molar-refractivity contribution in [1.29, 1.82) is 0 Å². The third-order valence-corrected chi connectivity index (χ3v) is 3.49. The van der Waals surface area contributed by atoms with E-state index in [-0.39, 0.29) is 5.82 Å². The molecule has 0 aromatic heterocycles. The van der Waals surface area contributed by atoms with Crippen LogP contribution in [0.15, 0.2) is 18.2 Å². The Balaban J connectivity index is 2.42. The Morgan fingerprint density at radius 1 is 1.50 bits per heavy atom. The molecule has 14 heavy (non-hydrogen) atoms. The van der Waals surface area contributed by atoms with Crippen molar-refractivity contribution in [3.8, 4) is 0 Å². The number of nitrogens with one attached hydrogen (secondary N) is 1. The van der Waals surface area contributed by atoms with Crippen LogP contribution in [0.2, 0.25) is 0 Å². The van der Waals surface area contributed by atoms with E-state index in [2.05, 4.69) is 34.8 Å². The van der Waals surface area contributed by atoms with E-state index in [0.29, 0.717) is 0 Å². The minimum absolute atomic E-state index is 0.178. The summed E-state index contributed by atoms with van der Waals surface area (Å²) >= 11 is 4.04. The highest BCUT2D eigenvalue weighted by molar-refractivity contribution is 14.1. The zero-order valence-electron chi connectivity index (χ0n) is 8.02. The maximum atomic E-state index is 12.8. The molecule has 1 nitrogen and oxygen atoms in total. The second-order valence-electron chi connectivity index (χ2n) is 2.75. The molecule has 0 radical (unpaired) electrons. The monoisotopic (exact) mass is 325 g/mol. The molecule has 4 heteroatoms. The zero-order valence-corrected chi connectivity index (χ0v) is 11.0. The average Bonchev–Trinajstić information content (AvgIpc) is 2.15. The molecule has 0 fully saturated rings. The lowest BCUT2D eigenvalue weighted by Gasteiger charge is -2.07. The minimum atomic E-state index is -0.178. The smallest absolute Gasteiger partial charge is 0.124 e. The van der Waals surface area contributed by atoms with E-state index < -0.39 is 0 Å². The molecule has 0 atom stereocenters. The molecule has 0 aliphatic rings. The fraction of sp³-hybridized carbons (Fsp3) is 0.400. The van der Waals surface area contributed by atoms with Crippen molar-refractivity contribution in [3.63, 3.8) is 0 Å². The average molecular weight is 325 g/mol. The summed E-state index contributed by atoms with van der Waals surface area (Å²) < 4.78 is 13.7. The lowest BCUT2D eigenvalue weighted by molar-refractivity contribution is 0.627. The third-order valence-electron chi connectivity index (χ3n) is 1.70. The lowest BCUT2D eigenvalue weighted by atomic mass is 10.3. The van der Waals surface area contributed by atoms with Gasteiger partial charge < -0.3 is 5.32 Å². The summed E-state index contributed by atoms with van der Waals surface area (Å²) in [4.78, 5) is 0. The van der Waals surface area contributed by atoms with Gasteiger partial charge in [-0.3, -0.25) is 0 Å². The molecule has 0 spiro atoms. The van der Waals surface area contributed by atoms with Crippen molar-refractivity contribution in [3.05, 3.63) is 27.6 Å². The van der Waals surface area contributed by atoms with Crippen molar-refractivity contribution < 1.29 is 4.39 Å². The molecule has 78 valence electrons. The van der Waals surface area contributed by atoms with Gasteiger partial charge in [0.2, 0.25) is 0 Å². The maximum Gasteiger partial charge on any atom is 0.124 e. The van der Waals surface area contributed by atoms with Gasteiger partial charge in [-0.2, -0.15) is 11.8 Å². The highest BCUT2D eigenvalue weighted by Crippen LogP contribution is 2.18. The Hall–Kier alpha value is 0.0300. The van der Waals surface area contributed by atoms with Gasteiger partial charge in [-0.25, -0.2) is 4.39 Å². The van der Waals surface area contributed by atoms with Crippen LogP contribution in [-0.2, 0) is 0 Å². The molecule has 0 saturated heterocycles. The quantitative estimate of drug-likeness (QED) is 0.656. The molecular formula is C10H13FINS. The van der Waals surface area contributed by atoms with Gasteiger partial charge in [0.25, 0.3) is 0 Å². The first-order chi connectivity index (χ1) is 6.74. The first kappa shape index (κ1) is 12.1. The predicted octanol–water partition coefficient (Wildman–Crippen LogP) is 3.60. The molecule has 1 N–H and O–H groups in total. The van der Waals surface area contributed by atoms with Crippen LogP contribution in [-0.4, -0.2) is 18.1 Å². The molecule has 0 heterocycles. The second-order valence-corrected chi connectivity index (χ2v) is 5.30. The molecule has 1 rings (SSSR count). The summed E-state index contributed by atoms with van der Waals surface area (Å²) in [6.07, 6.45) is 0. The molecule has 1 aromatic carbocycles. The van der Waals surface area contributed by atoms with Gasteiger partial charge in [-0.05, 0) is 46.5 Å². The van der Waals surface area contributed by atoms with Crippen LogP contribution >= 0.6 is 34.4 Å². The fourth-order valence-corrected chi connectivity index (χ4v) is 2.24. The summed E-state index contributed by atoms with van der Waals surface area (Å²) in [5.41, 5.74) is 1.02. The Bertz CT molecular complexity index is 293. The van der Waals surface area contributed by atoms with Crippen LogP contribution in [0.5, 0.6) is 0 Å². The highest BCUT2D eigenvalue weighted by atomic mass is 127. The maximum absolute atomic E-state index is 12.8. The molecule has 0 amide bonds. The Morgan fingerprint density at radius 3 is 2.93 bits per heavy atom. The number of hydrogen-bond acceptors (Lipinski definition) is 2. The van der Waals surface area contributed by atoms with Crippen molar-refractivity contribution in [2.24, 2.45) is 0 Å². The Morgan fingerprint density at radius 2 is 2.29 bits per heavy atom. The van der Waals surface area contributed by atoms with Crippen LogP contribution in [0.3, 0.4) is 0 Å². The summed E-state index contributed by atoms with van der Waals surface area (Å²) in [5, 5.41) is 3.28. The van der Waals surface area contributed by atoms with Crippen molar-refractivity contribution >= 4 is 40.0 Å². The first-order valence-corrected chi connectivity index (χ1v) is 6.74. The van der Waals surface area contributed by atoms with Crippen LogP contribution in [0, 0.1) is 9.39 Å². The SMILES string of the molecule is CCSCCNc1ccc(F)cc1I. The van der Waals surface area contributed by atoms with Gasteiger partial charge in [-0.1, -0.05) is 6.92 Å². The van der Waals surface area contributed by atoms with Crippen LogP contribution in [0.1, 0.15) is 6.92 Å². The first-order valence-electron chi connectivity index (χ1n) is 4.50. The van der Waals surface area contributed by atoms with E-state index >= 15 is 0 Å². The van der Waals surface area contributed by atoms with E-state index in [1.807, 2.05) is 11.8 Å². The van der Waals surface area contributed by atoms with E-state index in [1.165, 1.54) is 12.1 Å². The second kappa shape index (κ2) is 6.50. The van der Waals surface area contributed by atoms with E-state index in [9.17, 15) is 4.39 Å². The van der Waals surface area contributed by atoms with Gasteiger partial charge in [-0.15, -0.1) is 0 Å². The van der Waals surface area contributed by atoms with Gasteiger partial charge in [0, 0.05) is 21.6 Å². The van der Waals surface area contributed by atoms with E-state index in [1.54, 1.807) is 6.07 Å². The van der Waals surface area contributed by atoms with Crippen LogP contribution in [0.4, 0.5) is 10.1 Å². The highest BCUT2D eigenvalue weighted by Gasteiger charge is 1.99. The largest absolute Gasteiger partial charge is 0.383 e.